The number of ether oxygens (including phenoxy) is 1. The molecular formula is C14H22N2O2. The van der Waals surface area contributed by atoms with E-state index in [-0.39, 0.29) is 12.0 Å². The van der Waals surface area contributed by atoms with Gasteiger partial charge in [0.05, 0.1) is 6.61 Å². The number of nitrogens with zero attached hydrogens (tertiary/aromatic N) is 1. The highest BCUT2D eigenvalue weighted by molar-refractivity contribution is 5.76. The van der Waals surface area contributed by atoms with Gasteiger partial charge >= 0.3 is 5.97 Å². The molecule has 100 valence electrons. The van der Waals surface area contributed by atoms with Crippen LogP contribution in [-0.2, 0) is 9.53 Å². The highest BCUT2D eigenvalue weighted by Crippen LogP contribution is 2.13. The summed E-state index contributed by atoms with van der Waals surface area (Å²) in [6.07, 6.45) is 0. The Hall–Kier alpha value is -1.55. The van der Waals surface area contributed by atoms with Gasteiger partial charge < -0.3 is 15.0 Å². The molecule has 0 aliphatic rings. The minimum atomic E-state index is -0.309. The average Bonchev–Trinajstić information content (AvgIpc) is 2.36. The molecule has 1 unspecified atom stereocenters. The van der Waals surface area contributed by atoms with E-state index in [0.29, 0.717) is 13.2 Å². The Morgan fingerprint density at radius 3 is 2.50 bits per heavy atom. The van der Waals surface area contributed by atoms with Crippen LogP contribution in [0.5, 0.6) is 0 Å². The van der Waals surface area contributed by atoms with Crippen LogP contribution in [0.1, 0.15) is 12.5 Å². The van der Waals surface area contributed by atoms with Gasteiger partial charge in [-0.05, 0) is 33.0 Å². The van der Waals surface area contributed by atoms with E-state index in [1.165, 1.54) is 5.56 Å². The summed E-state index contributed by atoms with van der Waals surface area (Å²) in [5, 5.41) is 2.98. The molecule has 1 atom stereocenters. The number of carbonyl (C=O) groups excluding carboxylic acids is 1. The van der Waals surface area contributed by atoms with Gasteiger partial charge in [-0.25, -0.2) is 0 Å². The summed E-state index contributed by atoms with van der Waals surface area (Å²) in [7, 11) is 3.73. The minimum Gasteiger partial charge on any atom is -0.465 e. The van der Waals surface area contributed by atoms with Crippen LogP contribution in [0.4, 0.5) is 5.69 Å². The lowest BCUT2D eigenvalue weighted by Crippen LogP contribution is -2.44. The predicted octanol–water partition coefficient (Wildman–Crippen LogP) is 1.58. The average molecular weight is 250 g/mol. The lowest BCUT2D eigenvalue weighted by Gasteiger charge is -2.24. The number of likely N-dealkylation sites (N-methyl/N-ethyl adjacent to an activating group) is 2. The minimum absolute atomic E-state index is 0.209. The summed E-state index contributed by atoms with van der Waals surface area (Å²) >= 11 is 0. The van der Waals surface area contributed by atoms with Gasteiger partial charge in [0.25, 0.3) is 0 Å². The van der Waals surface area contributed by atoms with Gasteiger partial charge in [-0.1, -0.05) is 17.7 Å². The number of carbonyl (C=O) groups is 1. The first-order valence-electron chi connectivity index (χ1n) is 6.20. The van der Waals surface area contributed by atoms with E-state index in [4.69, 9.17) is 4.74 Å². The van der Waals surface area contributed by atoms with Crippen LogP contribution < -0.4 is 10.2 Å². The van der Waals surface area contributed by atoms with Crippen molar-refractivity contribution >= 4 is 11.7 Å². The quantitative estimate of drug-likeness (QED) is 0.778. The van der Waals surface area contributed by atoms with Crippen LogP contribution in [0.2, 0.25) is 0 Å². The third kappa shape index (κ3) is 4.04. The van der Waals surface area contributed by atoms with Gasteiger partial charge in [0, 0.05) is 19.3 Å². The van der Waals surface area contributed by atoms with Crippen LogP contribution in [0.15, 0.2) is 24.3 Å². The fourth-order valence-electron chi connectivity index (χ4n) is 1.71. The van der Waals surface area contributed by atoms with E-state index in [0.717, 1.165) is 5.69 Å². The molecule has 0 aliphatic heterocycles. The first kappa shape index (κ1) is 14.5. The molecule has 0 saturated heterocycles. The molecule has 1 aromatic carbocycles. The molecule has 0 radical (unpaired) electrons. The Bertz CT molecular complexity index is 376. The smallest absolute Gasteiger partial charge is 0.324 e. The van der Waals surface area contributed by atoms with E-state index < -0.39 is 0 Å². The van der Waals surface area contributed by atoms with Gasteiger partial charge in [0.1, 0.15) is 6.04 Å². The van der Waals surface area contributed by atoms with Crippen molar-refractivity contribution < 1.29 is 9.53 Å². The number of hydrogen-bond donors (Lipinski definition) is 1. The second-order valence-corrected chi connectivity index (χ2v) is 4.31. The summed E-state index contributed by atoms with van der Waals surface area (Å²) in [5.74, 6) is -0.209. The zero-order valence-electron chi connectivity index (χ0n) is 11.6. The number of aryl methyl sites for hydroxylation is 1. The number of hydrogen-bond acceptors (Lipinski definition) is 4. The Kier molecular flexibility index (Phi) is 5.65. The fourth-order valence-corrected chi connectivity index (χ4v) is 1.71. The molecule has 1 N–H and O–H groups in total. The Morgan fingerprint density at radius 1 is 1.39 bits per heavy atom. The van der Waals surface area contributed by atoms with Crippen LogP contribution in [-0.4, -0.2) is 39.3 Å². The van der Waals surface area contributed by atoms with Crippen LogP contribution in [0.3, 0.4) is 0 Å². The van der Waals surface area contributed by atoms with Crippen LogP contribution in [0.25, 0.3) is 0 Å². The predicted molar refractivity (Wildman–Crippen MR) is 73.9 cm³/mol. The standard InChI is InChI=1S/C14H22N2O2/c1-5-18-14(17)13(15-3)10-16(4)12-8-6-11(2)7-9-12/h6-9,13,15H,5,10H2,1-4H3. The van der Waals surface area contributed by atoms with E-state index in [2.05, 4.69) is 24.4 Å². The molecule has 0 heterocycles. The topological polar surface area (TPSA) is 41.6 Å². The number of anilines is 1. The second kappa shape index (κ2) is 7.01. The van der Waals surface area contributed by atoms with Gasteiger partial charge in [-0.3, -0.25) is 4.79 Å². The van der Waals surface area contributed by atoms with Crippen molar-refractivity contribution in [2.45, 2.75) is 19.9 Å². The van der Waals surface area contributed by atoms with Crippen molar-refractivity contribution in [2.75, 3.05) is 32.1 Å². The number of nitrogens with one attached hydrogen (secondary N) is 1. The summed E-state index contributed by atoms with van der Waals surface area (Å²) in [4.78, 5) is 13.7. The molecule has 0 fully saturated rings. The van der Waals surface area contributed by atoms with Gasteiger partial charge in [-0.2, -0.15) is 0 Å². The Labute approximate surface area is 109 Å². The van der Waals surface area contributed by atoms with Crippen molar-refractivity contribution in [3.8, 4) is 0 Å². The Balaban J connectivity index is 2.64. The molecule has 4 heteroatoms. The van der Waals surface area contributed by atoms with Crippen LogP contribution >= 0.6 is 0 Å². The van der Waals surface area contributed by atoms with Gasteiger partial charge in [0.2, 0.25) is 0 Å². The molecule has 1 rings (SSSR count). The highest BCUT2D eigenvalue weighted by Gasteiger charge is 2.19. The normalized spacial score (nSPS) is 12.0. The molecule has 0 aliphatic carbocycles. The third-order valence-electron chi connectivity index (χ3n) is 2.85. The first-order valence-corrected chi connectivity index (χ1v) is 6.20. The van der Waals surface area contributed by atoms with E-state index in [9.17, 15) is 4.79 Å². The van der Waals surface area contributed by atoms with Crippen LogP contribution in [0, 0.1) is 6.92 Å². The largest absolute Gasteiger partial charge is 0.465 e. The lowest BCUT2D eigenvalue weighted by molar-refractivity contribution is -0.145. The molecule has 0 amide bonds. The summed E-state index contributed by atoms with van der Waals surface area (Å²) in [6.45, 7) is 4.86. The molecule has 0 saturated carbocycles. The zero-order valence-corrected chi connectivity index (χ0v) is 11.6. The molecule has 0 spiro atoms. The molecule has 4 nitrogen and oxygen atoms in total. The second-order valence-electron chi connectivity index (χ2n) is 4.31. The molecule has 0 aromatic heterocycles. The fraction of sp³-hybridized carbons (Fsp3) is 0.500. The van der Waals surface area contributed by atoms with E-state index in [1.807, 2.05) is 31.0 Å². The van der Waals surface area contributed by atoms with Crippen molar-refractivity contribution in [1.29, 1.82) is 0 Å². The first-order chi connectivity index (χ1) is 8.58. The third-order valence-corrected chi connectivity index (χ3v) is 2.85. The number of rotatable bonds is 6. The molecule has 1 aromatic rings. The van der Waals surface area contributed by atoms with E-state index >= 15 is 0 Å². The summed E-state index contributed by atoms with van der Waals surface area (Å²) in [5.41, 5.74) is 2.31. The lowest BCUT2D eigenvalue weighted by atomic mass is 10.2. The van der Waals surface area contributed by atoms with Gasteiger partial charge in [0.15, 0.2) is 0 Å². The van der Waals surface area contributed by atoms with Crippen molar-refractivity contribution in [2.24, 2.45) is 0 Å². The number of benzene rings is 1. The maximum absolute atomic E-state index is 11.7. The summed E-state index contributed by atoms with van der Waals surface area (Å²) in [6, 6.07) is 7.91. The number of esters is 1. The molecular weight excluding hydrogens is 228 g/mol. The summed E-state index contributed by atoms with van der Waals surface area (Å²) < 4.78 is 5.02. The van der Waals surface area contributed by atoms with Crippen molar-refractivity contribution in [3.05, 3.63) is 29.8 Å². The van der Waals surface area contributed by atoms with Crippen molar-refractivity contribution in [1.82, 2.24) is 5.32 Å². The van der Waals surface area contributed by atoms with Gasteiger partial charge in [-0.15, -0.1) is 0 Å². The monoisotopic (exact) mass is 250 g/mol. The van der Waals surface area contributed by atoms with E-state index in [1.54, 1.807) is 7.05 Å². The zero-order chi connectivity index (χ0) is 13.5. The maximum Gasteiger partial charge on any atom is 0.324 e. The maximum atomic E-state index is 11.7. The Morgan fingerprint density at radius 2 is 2.00 bits per heavy atom. The highest BCUT2D eigenvalue weighted by atomic mass is 16.5. The molecule has 0 bridgehead atoms. The SMILES string of the molecule is CCOC(=O)C(CN(C)c1ccc(C)cc1)NC. The van der Waals surface area contributed by atoms with Crippen molar-refractivity contribution in [3.63, 3.8) is 0 Å². The molecule has 18 heavy (non-hydrogen) atoms.